The maximum absolute atomic E-state index is 12.9. The Labute approximate surface area is 160 Å². The Bertz CT molecular complexity index is 1030. The van der Waals surface area contributed by atoms with Gasteiger partial charge in [-0.25, -0.2) is 8.42 Å². The number of carbonyl (C=O) groups is 1. The van der Waals surface area contributed by atoms with Crippen molar-refractivity contribution in [3.05, 3.63) is 59.2 Å². The lowest BCUT2D eigenvalue weighted by atomic mass is 10.1. The van der Waals surface area contributed by atoms with Crippen LogP contribution in [0, 0.1) is 0 Å². The smallest absolute Gasteiger partial charge is 0.341 e. The molecule has 4 rings (SSSR count). The zero-order valence-corrected chi connectivity index (χ0v) is 15.6. The van der Waals surface area contributed by atoms with E-state index in [1.165, 1.54) is 18.2 Å². The quantitative estimate of drug-likeness (QED) is 0.828. The van der Waals surface area contributed by atoms with E-state index < -0.39 is 28.0 Å². The Morgan fingerprint density at radius 2 is 1.61 bits per heavy atom. The van der Waals surface area contributed by atoms with E-state index in [0.717, 1.165) is 18.4 Å². The number of halogens is 3. The van der Waals surface area contributed by atoms with E-state index in [2.05, 4.69) is 0 Å². The van der Waals surface area contributed by atoms with Crippen LogP contribution in [0.15, 0.2) is 52.3 Å². The van der Waals surface area contributed by atoms with Crippen molar-refractivity contribution in [2.24, 2.45) is 0 Å². The SMILES string of the molecule is O=C(NC1CCc2cc(S(=O)(=O)c3ccc(C4CC4)cc3)ccc21)C(F)(F)F. The molecule has 8 heteroatoms. The number of nitrogens with one attached hydrogen (secondary N) is 1. The Hall–Kier alpha value is -2.35. The Morgan fingerprint density at radius 1 is 0.964 bits per heavy atom. The van der Waals surface area contributed by atoms with Crippen molar-refractivity contribution in [2.45, 2.75) is 53.6 Å². The van der Waals surface area contributed by atoms with Crippen molar-refractivity contribution >= 4 is 15.7 Å². The second-order valence-electron chi connectivity index (χ2n) is 7.27. The van der Waals surface area contributed by atoms with Gasteiger partial charge in [0, 0.05) is 0 Å². The Kier molecular flexibility index (Phi) is 4.49. The summed E-state index contributed by atoms with van der Waals surface area (Å²) in [7, 11) is -3.71. The highest BCUT2D eigenvalue weighted by Gasteiger charge is 2.41. The molecule has 0 saturated heterocycles. The molecule has 0 aromatic heterocycles. The Morgan fingerprint density at radius 3 is 2.21 bits per heavy atom. The summed E-state index contributed by atoms with van der Waals surface area (Å²) in [5, 5.41) is 1.97. The zero-order valence-electron chi connectivity index (χ0n) is 14.8. The minimum atomic E-state index is -4.95. The van der Waals surface area contributed by atoms with Crippen molar-refractivity contribution < 1.29 is 26.4 Å². The van der Waals surface area contributed by atoms with Crippen LogP contribution in [-0.4, -0.2) is 20.5 Å². The number of rotatable bonds is 4. The summed E-state index contributed by atoms with van der Waals surface area (Å²) < 4.78 is 63.2. The van der Waals surface area contributed by atoms with Crippen LogP contribution >= 0.6 is 0 Å². The van der Waals surface area contributed by atoms with Gasteiger partial charge in [-0.15, -0.1) is 0 Å². The maximum atomic E-state index is 12.9. The minimum Gasteiger partial charge on any atom is -0.341 e. The molecule has 0 aliphatic heterocycles. The summed E-state index contributed by atoms with van der Waals surface area (Å²) in [6, 6.07) is 10.5. The van der Waals surface area contributed by atoms with Crippen LogP contribution in [0.1, 0.15) is 47.9 Å². The standard InChI is InChI=1S/C20H18F3NO3S/c21-20(22,23)19(25)24-18-10-5-14-11-16(8-9-17(14)18)28(26,27)15-6-3-13(4-7-15)12-1-2-12/h3-4,6-9,11-12,18H,1-2,5,10H2,(H,24,25). The van der Waals surface area contributed by atoms with Crippen LogP contribution in [-0.2, 0) is 21.1 Å². The molecule has 0 radical (unpaired) electrons. The van der Waals surface area contributed by atoms with Crippen molar-refractivity contribution in [3.63, 3.8) is 0 Å². The van der Waals surface area contributed by atoms with Gasteiger partial charge in [0.25, 0.3) is 0 Å². The van der Waals surface area contributed by atoms with Gasteiger partial charge in [0.05, 0.1) is 15.8 Å². The molecule has 1 fully saturated rings. The summed E-state index contributed by atoms with van der Waals surface area (Å²) >= 11 is 0. The van der Waals surface area contributed by atoms with Crippen LogP contribution < -0.4 is 5.32 Å². The number of hydrogen-bond donors (Lipinski definition) is 1. The van der Waals surface area contributed by atoms with Crippen molar-refractivity contribution in [2.75, 3.05) is 0 Å². The number of benzene rings is 2. The topological polar surface area (TPSA) is 63.2 Å². The van der Waals surface area contributed by atoms with E-state index in [9.17, 15) is 26.4 Å². The highest BCUT2D eigenvalue weighted by molar-refractivity contribution is 7.91. The van der Waals surface area contributed by atoms with Crippen LogP contribution in [0.5, 0.6) is 0 Å². The third-order valence-electron chi connectivity index (χ3n) is 5.30. The predicted molar refractivity (Wildman–Crippen MR) is 95.6 cm³/mol. The van der Waals surface area contributed by atoms with Gasteiger partial charge in [0.1, 0.15) is 0 Å². The van der Waals surface area contributed by atoms with Crippen LogP contribution in [0.2, 0.25) is 0 Å². The van der Waals surface area contributed by atoms with E-state index in [0.29, 0.717) is 29.9 Å². The number of alkyl halides is 3. The lowest BCUT2D eigenvalue weighted by Gasteiger charge is -2.16. The van der Waals surface area contributed by atoms with Crippen LogP contribution in [0.25, 0.3) is 0 Å². The molecule has 1 unspecified atom stereocenters. The summed E-state index contributed by atoms with van der Waals surface area (Å²) in [5.74, 6) is -1.46. The molecule has 2 aliphatic rings. The number of aryl methyl sites for hydroxylation is 1. The first-order chi connectivity index (χ1) is 13.2. The zero-order chi connectivity index (χ0) is 20.1. The van der Waals surface area contributed by atoms with E-state index in [4.69, 9.17) is 0 Å². The normalized spacial score (nSPS) is 19.3. The Balaban J connectivity index is 1.58. The highest BCUT2D eigenvalue weighted by Crippen LogP contribution is 2.40. The summed E-state index contributed by atoms with van der Waals surface area (Å²) in [4.78, 5) is 11.5. The molecule has 2 aromatic rings. The number of fused-ring (bicyclic) bond motifs is 1. The highest BCUT2D eigenvalue weighted by atomic mass is 32.2. The molecule has 0 bridgehead atoms. The molecule has 148 valence electrons. The predicted octanol–water partition coefficient (Wildman–Crippen LogP) is 4.06. The molecule has 28 heavy (non-hydrogen) atoms. The average molecular weight is 409 g/mol. The number of hydrogen-bond acceptors (Lipinski definition) is 3. The van der Waals surface area contributed by atoms with Gasteiger partial charge in [0.2, 0.25) is 9.84 Å². The molecule has 4 nitrogen and oxygen atoms in total. The van der Waals surface area contributed by atoms with Gasteiger partial charge in [-0.3, -0.25) is 4.79 Å². The number of carbonyl (C=O) groups excluding carboxylic acids is 1. The molecule has 0 heterocycles. The van der Waals surface area contributed by atoms with Gasteiger partial charge in [0.15, 0.2) is 0 Å². The molecule has 1 saturated carbocycles. The third-order valence-corrected chi connectivity index (χ3v) is 7.07. The van der Waals surface area contributed by atoms with Crippen molar-refractivity contribution in [1.29, 1.82) is 0 Å². The van der Waals surface area contributed by atoms with Crippen molar-refractivity contribution in [1.82, 2.24) is 5.32 Å². The van der Waals surface area contributed by atoms with E-state index in [-0.39, 0.29) is 9.79 Å². The third kappa shape index (κ3) is 3.53. The molecule has 1 amide bonds. The molecule has 0 spiro atoms. The first kappa shape index (κ1) is 19.0. The lowest BCUT2D eigenvalue weighted by molar-refractivity contribution is -0.174. The average Bonchev–Trinajstić information content (AvgIpc) is 3.43. The second kappa shape index (κ2) is 6.62. The lowest BCUT2D eigenvalue weighted by Crippen LogP contribution is -2.38. The number of amides is 1. The molecular weight excluding hydrogens is 391 g/mol. The van der Waals surface area contributed by atoms with Crippen molar-refractivity contribution in [3.8, 4) is 0 Å². The first-order valence-electron chi connectivity index (χ1n) is 9.02. The molecule has 2 aromatic carbocycles. The van der Waals surface area contributed by atoms with Gasteiger partial charge in [-0.05, 0) is 72.6 Å². The summed E-state index contributed by atoms with van der Waals surface area (Å²) in [6.07, 6.45) is -1.98. The fourth-order valence-electron chi connectivity index (χ4n) is 3.62. The largest absolute Gasteiger partial charge is 0.471 e. The second-order valence-corrected chi connectivity index (χ2v) is 9.22. The summed E-state index contributed by atoms with van der Waals surface area (Å²) in [6.45, 7) is 0. The van der Waals surface area contributed by atoms with E-state index in [1.54, 1.807) is 12.1 Å². The molecular formula is C20H18F3NO3S. The molecule has 1 N–H and O–H groups in total. The summed E-state index contributed by atoms with van der Waals surface area (Å²) in [5.41, 5.74) is 2.31. The first-order valence-corrected chi connectivity index (χ1v) is 10.5. The number of sulfone groups is 1. The van der Waals surface area contributed by atoms with Gasteiger partial charge in [-0.1, -0.05) is 18.2 Å². The minimum absolute atomic E-state index is 0.105. The van der Waals surface area contributed by atoms with Gasteiger partial charge >= 0.3 is 12.1 Å². The maximum Gasteiger partial charge on any atom is 0.471 e. The van der Waals surface area contributed by atoms with E-state index >= 15 is 0 Å². The van der Waals surface area contributed by atoms with Gasteiger partial charge < -0.3 is 5.32 Å². The fourth-order valence-corrected chi connectivity index (χ4v) is 4.93. The molecule has 1 atom stereocenters. The van der Waals surface area contributed by atoms with Crippen LogP contribution in [0.4, 0.5) is 13.2 Å². The van der Waals surface area contributed by atoms with E-state index in [1.807, 2.05) is 17.4 Å². The molecule has 2 aliphatic carbocycles. The monoisotopic (exact) mass is 409 g/mol. The van der Waals surface area contributed by atoms with Crippen LogP contribution in [0.3, 0.4) is 0 Å². The fraction of sp³-hybridized carbons (Fsp3) is 0.350. The van der Waals surface area contributed by atoms with Gasteiger partial charge in [-0.2, -0.15) is 13.2 Å².